The fourth-order valence-electron chi connectivity index (χ4n) is 1.50. The number of aliphatic hydroxyl groups excluding tert-OH is 1. The van der Waals surface area contributed by atoms with Gasteiger partial charge in [0.2, 0.25) is 0 Å². The molecule has 0 amide bonds. The van der Waals surface area contributed by atoms with Gasteiger partial charge in [0.05, 0.1) is 12.7 Å². The molecule has 0 aliphatic rings. The molecular formula is C14H22O2. The summed E-state index contributed by atoms with van der Waals surface area (Å²) in [5, 5.41) is 9.70. The molecular weight excluding hydrogens is 200 g/mol. The fourth-order valence-corrected chi connectivity index (χ4v) is 1.50. The van der Waals surface area contributed by atoms with Crippen LogP contribution in [0.1, 0.15) is 33.1 Å². The van der Waals surface area contributed by atoms with E-state index in [2.05, 4.69) is 13.8 Å². The Kier molecular flexibility index (Phi) is 5.94. The quantitative estimate of drug-likeness (QED) is 0.767. The van der Waals surface area contributed by atoms with Crippen LogP contribution in [0.3, 0.4) is 0 Å². The van der Waals surface area contributed by atoms with Gasteiger partial charge in [-0.15, -0.1) is 0 Å². The Morgan fingerprint density at radius 1 is 1.06 bits per heavy atom. The molecule has 1 N–H and O–H groups in total. The number of benzene rings is 1. The number of para-hydroxylation sites is 1. The minimum absolute atomic E-state index is 0.230. The highest BCUT2D eigenvalue weighted by atomic mass is 16.5. The minimum Gasteiger partial charge on any atom is -0.493 e. The van der Waals surface area contributed by atoms with E-state index < -0.39 is 0 Å². The Bertz CT molecular complexity index is 269. The molecule has 0 saturated heterocycles. The lowest BCUT2D eigenvalue weighted by atomic mass is 10.0. The molecule has 16 heavy (non-hydrogen) atoms. The Morgan fingerprint density at radius 2 is 1.75 bits per heavy atom. The number of aliphatic hydroxyl groups is 1. The summed E-state index contributed by atoms with van der Waals surface area (Å²) in [5.74, 6) is 1.53. The van der Waals surface area contributed by atoms with Crippen LogP contribution in [-0.4, -0.2) is 17.8 Å². The van der Waals surface area contributed by atoms with Crippen molar-refractivity contribution in [2.24, 2.45) is 5.92 Å². The first kappa shape index (κ1) is 13.0. The molecule has 90 valence electrons. The monoisotopic (exact) mass is 222 g/mol. The van der Waals surface area contributed by atoms with Gasteiger partial charge in [-0.1, -0.05) is 32.0 Å². The number of ether oxygens (including phenoxy) is 1. The van der Waals surface area contributed by atoms with Crippen molar-refractivity contribution in [2.75, 3.05) is 6.61 Å². The van der Waals surface area contributed by atoms with Gasteiger partial charge in [0.25, 0.3) is 0 Å². The minimum atomic E-state index is -0.230. The molecule has 0 aromatic heterocycles. The van der Waals surface area contributed by atoms with Crippen molar-refractivity contribution in [1.29, 1.82) is 0 Å². The topological polar surface area (TPSA) is 29.5 Å². The molecule has 0 aliphatic heterocycles. The lowest BCUT2D eigenvalue weighted by molar-refractivity contribution is 0.125. The van der Waals surface area contributed by atoms with Crippen LogP contribution in [0.4, 0.5) is 0 Å². The van der Waals surface area contributed by atoms with Gasteiger partial charge in [-0.3, -0.25) is 0 Å². The predicted molar refractivity (Wildman–Crippen MR) is 66.6 cm³/mol. The molecule has 0 fully saturated rings. The predicted octanol–water partition coefficient (Wildman–Crippen LogP) is 3.25. The summed E-state index contributed by atoms with van der Waals surface area (Å²) in [6.45, 7) is 4.93. The molecule has 0 aliphatic carbocycles. The highest BCUT2D eigenvalue weighted by molar-refractivity contribution is 5.20. The zero-order chi connectivity index (χ0) is 11.8. The van der Waals surface area contributed by atoms with Gasteiger partial charge < -0.3 is 9.84 Å². The maximum Gasteiger partial charge on any atom is 0.119 e. The summed E-state index contributed by atoms with van der Waals surface area (Å²) in [4.78, 5) is 0. The number of hydrogen-bond acceptors (Lipinski definition) is 2. The second-order valence-corrected chi connectivity index (χ2v) is 4.58. The van der Waals surface area contributed by atoms with Gasteiger partial charge in [0, 0.05) is 6.42 Å². The normalized spacial score (nSPS) is 12.8. The molecule has 0 radical (unpaired) electrons. The molecule has 0 saturated carbocycles. The standard InChI is InChI=1S/C14H22O2/c1-12(2)8-9-13(15)10-11-16-14-6-4-3-5-7-14/h3-7,12-13,15H,8-11H2,1-2H3. The lowest BCUT2D eigenvalue weighted by Gasteiger charge is -2.12. The SMILES string of the molecule is CC(C)CCC(O)CCOc1ccccc1. The lowest BCUT2D eigenvalue weighted by Crippen LogP contribution is -2.12. The maximum absolute atomic E-state index is 9.70. The molecule has 1 aromatic carbocycles. The maximum atomic E-state index is 9.70. The second kappa shape index (κ2) is 7.29. The molecule has 0 spiro atoms. The largest absolute Gasteiger partial charge is 0.493 e. The van der Waals surface area contributed by atoms with Crippen LogP contribution in [0.5, 0.6) is 5.75 Å². The third kappa shape index (κ3) is 5.76. The van der Waals surface area contributed by atoms with E-state index >= 15 is 0 Å². The Morgan fingerprint density at radius 3 is 2.38 bits per heavy atom. The first-order valence-corrected chi connectivity index (χ1v) is 6.04. The molecule has 1 rings (SSSR count). The zero-order valence-electron chi connectivity index (χ0n) is 10.2. The highest BCUT2D eigenvalue weighted by Gasteiger charge is 2.05. The Labute approximate surface area is 98.3 Å². The van der Waals surface area contributed by atoms with Crippen LogP contribution in [-0.2, 0) is 0 Å². The van der Waals surface area contributed by atoms with Gasteiger partial charge in [0.15, 0.2) is 0 Å². The van der Waals surface area contributed by atoms with Crippen LogP contribution in [0.2, 0.25) is 0 Å². The van der Waals surface area contributed by atoms with E-state index in [1.54, 1.807) is 0 Å². The summed E-state index contributed by atoms with van der Waals surface area (Å²) >= 11 is 0. The molecule has 2 heteroatoms. The van der Waals surface area contributed by atoms with Crippen LogP contribution in [0.15, 0.2) is 30.3 Å². The summed E-state index contributed by atoms with van der Waals surface area (Å²) in [6.07, 6.45) is 2.43. The molecule has 0 bridgehead atoms. The average Bonchev–Trinajstić information content (AvgIpc) is 2.28. The third-order valence-electron chi connectivity index (χ3n) is 2.54. The van der Waals surface area contributed by atoms with Crippen molar-refractivity contribution in [3.05, 3.63) is 30.3 Å². The van der Waals surface area contributed by atoms with Gasteiger partial charge in [-0.05, 0) is 30.9 Å². The summed E-state index contributed by atoms with van der Waals surface area (Å²) < 4.78 is 5.52. The summed E-state index contributed by atoms with van der Waals surface area (Å²) in [7, 11) is 0. The average molecular weight is 222 g/mol. The third-order valence-corrected chi connectivity index (χ3v) is 2.54. The van der Waals surface area contributed by atoms with Crippen molar-refractivity contribution in [3.8, 4) is 5.75 Å². The van der Waals surface area contributed by atoms with E-state index in [0.29, 0.717) is 18.9 Å². The number of rotatable bonds is 7. The smallest absolute Gasteiger partial charge is 0.119 e. The van der Waals surface area contributed by atoms with Crippen molar-refractivity contribution in [2.45, 2.75) is 39.2 Å². The highest BCUT2D eigenvalue weighted by Crippen LogP contribution is 2.11. The fraction of sp³-hybridized carbons (Fsp3) is 0.571. The summed E-state index contributed by atoms with van der Waals surface area (Å²) in [5.41, 5.74) is 0. The molecule has 0 heterocycles. The van der Waals surface area contributed by atoms with Gasteiger partial charge >= 0.3 is 0 Å². The molecule has 1 atom stereocenters. The van der Waals surface area contributed by atoms with Gasteiger partial charge in [-0.2, -0.15) is 0 Å². The Hall–Kier alpha value is -1.02. The molecule has 1 unspecified atom stereocenters. The molecule has 2 nitrogen and oxygen atoms in total. The zero-order valence-corrected chi connectivity index (χ0v) is 10.2. The van der Waals surface area contributed by atoms with Gasteiger partial charge in [-0.25, -0.2) is 0 Å². The Balaban J connectivity index is 2.11. The van der Waals surface area contributed by atoms with Crippen molar-refractivity contribution in [1.82, 2.24) is 0 Å². The van der Waals surface area contributed by atoms with E-state index in [-0.39, 0.29) is 6.10 Å². The van der Waals surface area contributed by atoms with E-state index in [1.165, 1.54) is 0 Å². The van der Waals surface area contributed by atoms with Crippen LogP contribution in [0.25, 0.3) is 0 Å². The number of hydrogen-bond donors (Lipinski definition) is 1. The van der Waals surface area contributed by atoms with Crippen LogP contribution in [0, 0.1) is 5.92 Å². The van der Waals surface area contributed by atoms with E-state index in [1.807, 2.05) is 30.3 Å². The van der Waals surface area contributed by atoms with E-state index in [9.17, 15) is 5.11 Å². The van der Waals surface area contributed by atoms with Crippen molar-refractivity contribution in [3.63, 3.8) is 0 Å². The first-order chi connectivity index (χ1) is 7.68. The van der Waals surface area contributed by atoms with E-state index in [0.717, 1.165) is 18.6 Å². The van der Waals surface area contributed by atoms with Crippen LogP contribution >= 0.6 is 0 Å². The van der Waals surface area contributed by atoms with Gasteiger partial charge in [0.1, 0.15) is 5.75 Å². The van der Waals surface area contributed by atoms with E-state index in [4.69, 9.17) is 4.74 Å². The second-order valence-electron chi connectivity index (χ2n) is 4.58. The van der Waals surface area contributed by atoms with Crippen LogP contribution < -0.4 is 4.74 Å². The first-order valence-electron chi connectivity index (χ1n) is 6.04. The molecule has 1 aromatic rings. The van der Waals surface area contributed by atoms with Crippen molar-refractivity contribution >= 4 is 0 Å². The summed E-state index contributed by atoms with van der Waals surface area (Å²) in [6, 6.07) is 9.72. The van der Waals surface area contributed by atoms with Crippen molar-refractivity contribution < 1.29 is 9.84 Å².